The van der Waals surface area contributed by atoms with Crippen molar-refractivity contribution in [1.29, 1.82) is 0 Å². The number of nitrogens with zero attached hydrogens (tertiary/aromatic N) is 2. The van der Waals surface area contributed by atoms with Gasteiger partial charge in [0.2, 0.25) is 0 Å². The Balaban J connectivity index is 2.10. The van der Waals surface area contributed by atoms with E-state index in [1.807, 2.05) is 61.5 Å². The predicted molar refractivity (Wildman–Crippen MR) is 133 cm³/mol. The molecule has 0 aliphatic heterocycles. The van der Waals surface area contributed by atoms with Crippen molar-refractivity contribution in [2.75, 3.05) is 47.4 Å². The lowest BCUT2D eigenvalue weighted by Crippen LogP contribution is -2.12. The molecular weight excluding hydrogens is 416 g/mol. The van der Waals surface area contributed by atoms with Crippen LogP contribution in [-0.4, -0.2) is 47.5 Å². The summed E-state index contributed by atoms with van der Waals surface area (Å²) in [5, 5.41) is 1.99. The lowest BCUT2D eigenvalue weighted by molar-refractivity contribution is 0.355. The minimum absolute atomic E-state index is 0.652. The van der Waals surface area contributed by atoms with Crippen molar-refractivity contribution >= 4 is 16.6 Å². The highest BCUT2D eigenvalue weighted by atomic mass is 16.5. The van der Waals surface area contributed by atoms with Gasteiger partial charge in [0.25, 0.3) is 0 Å². The van der Waals surface area contributed by atoms with Crippen molar-refractivity contribution < 1.29 is 18.9 Å². The van der Waals surface area contributed by atoms with Gasteiger partial charge in [-0.3, -0.25) is 0 Å². The van der Waals surface area contributed by atoms with Crippen molar-refractivity contribution in [1.82, 2.24) is 4.98 Å². The predicted octanol–water partition coefficient (Wildman–Crippen LogP) is 5.67. The number of anilines is 1. The third kappa shape index (κ3) is 4.00. The van der Waals surface area contributed by atoms with Crippen molar-refractivity contribution in [2.24, 2.45) is 0 Å². The van der Waals surface area contributed by atoms with E-state index in [-0.39, 0.29) is 0 Å². The van der Waals surface area contributed by atoms with E-state index < -0.39 is 0 Å². The van der Waals surface area contributed by atoms with E-state index in [2.05, 4.69) is 18.2 Å². The van der Waals surface area contributed by atoms with Crippen LogP contribution in [0.4, 0.5) is 5.82 Å². The van der Waals surface area contributed by atoms with Crippen LogP contribution in [0.1, 0.15) is 0 Å². The maximum absolute atomic E-state index is 5.85. The molecule has 0 radical (unpaired) electrons. The number of benzene rings is 3. The number of hydrogen-bond donors (Lipinski definition) is 0. The molecular formula is C27H28N2O4. The fourth-order valence-electron chi connectivity index (χ4n) is 4.06. The van der Waals surface area contributed by atoms with Gasteiger partial charge in [0.15, 0.2) is 23.0 Å². The molecule has 0 N–H and O–H groups in total. The van der Waals surface area contributed by atoms with Gasteiger partial charge in [-0.25, -0.2) is 4.98 Å². The smallest absolute Gasteiger partial charge is 0.169 e. The second-order valence-corrected chi connectivity index (χ2v) is 7.74. The van der Waals surface area contributed by atoms with Gasteiger partial charge in [0.1, 0.15) is 5.82 Å². The Morgan fingerprint density at radius 1 is 0.636 bits per heavy atom. The molecule has 4 rings (SSSR count). The largest absolute Gasteiger partial charge is 0.493 e. The number of rotatable bonds is 7. The Morgan fingerprint density at radius 3 is 1.94 bits per heavy atom. The van der Waals surface area contributed by atoms with Gasteiger partial charge in [-0.05, 0) is 41.3 Å². The summed E-state index contributed by atoms with van der Waals surface area (Å²) in [6.07, 6.45) is 0. The maximum atomic E-state index is 5.85. The molecule has 1 aromatic heterocycles. The molecule has 0 aliphatic carbocycles. The highest BCUT2D eigenvalue weighted by Gasteiger charge is 2.21. The summed E-state index contributed by atoms with van der Waals surface area (Å²) in [5.74, 6) is 3.50. The first kappa shape index (κ1) is 22.3. The molecule has 0 atom stereocenters. The van der Waals surface area contributed by atoms with Crippen molar-refractivity contribution in [2.45, 2.75) is 0 Å². The monoisotopic (exact) mass is 444 g/mol. The first-order valence-corrected chi connectivity index (χ1v) is 10.6. The Kier molecular flexibility index (Phi) is 6.27. The van der Waals surface area contributed by atoms with Crippen LogP contribution in [0.2, 0.25) is 0 Å². The standard InChI is InChI=1S/C27H28N2O4/c1-29(2)27-20-16-24(32-5)26(33-6)25(17-10-8-7-9-11-17)19(20)15-21(28-27)18-12-13-22(30-3)23(14-18)31-4/h7-16H,1-6H3. The second kappa shape index (κ2) is 9.28. The summed E-state index contributed by atoms with van der Waals surface area (Å²) >= 11 is 0. The number of ether oxygens (including phenoxy) is 4. The fourth-order valence-corrected chi connectivity index (χ4v) is 4.06. The minimum Gasteiger partial charge on any atom is -0.493 e. The van der Waals surface area contributed by atoms with Gasteiger partial charge in [0.05, 0.1) is 34.1 Å². The average Bonchev–Trinajstić information content (AvgIpc) is 2.86. The van der Waals surface area contributed by atoms with Crippen LogP contribution >= 0.6 is 0 Å². The average molecular weight is 445 g/mol. The molecule has 0 amide bonds. The van der Waals surface area contributed by atoms with E-state index in [4.69, 9.17) is 23.9 Å². The van der Waals surface area contributed by atoms with E-state index in [1.165, 1.54) is 0 Å². The summed E-state index contributed by atoms with van der Waals surface area (Å²) in [6.45, 7) is 0. The fraction of sp³-hybridized carbons (Fsp3) is 0.222. The van der Waals surface area contributed by atoms with Crippen LogP contribution in [0.5, 0.6) is 23.0 Å². The highest BCUT2D eigenvalue weighted by Crippen LogP contribution is 2.46. The first-order chi connectivity index (χ1) is 16.0. The van der Waals surface area contributed by atoms with Crippen LogP contribution in [-0.2, 0) is 0 Å². The molecule has 33 heavy (non-hydrogen) atoms. The Morgan fingerprint density at radius 2 is 1.33 bits per heavy atom. The van der Waals surface area contributed by atoms with Gasteiger partial charge in [-0.1, -0.05) is 30.3 Å². The number of aromatic nitrogens is 1. The molecule has 0 fully saturated rings. The molecule has 0 spiro atoms. The number of hydrogen-bond acceptors (Lipinski definition) is 6. The number of pyridine rings is 1. The van der Waals surface area contributed by atoms with Crippen LogP contribution in [0, 0.1) is 0 Å². The maximum Gasteiger partial charge on any atom is 0.169 e. The molecule has 0 unspecified atom stereocenters. The van der Waals surface area contributed by atoms with E-state index >= 15 is 0 Å². The van der Waals surface area contributed by atoms with Gasteiger partial charge < -0.3 is 23.8 Å². The SMILES string of the molecule is COc1ccc(-c2cc3c(-c4ccccc4)c(OC)c(OC)cc3c(N(C)C)n2)cc1OC. The first-order valence-electron chi connectivity index (χ1n) is 10.6. The van der Waals surface area contributed by atoms with Crippen LogP contribution in [0.15, 0.2) is 60.7 Å². The highest BCUT2D eigenvalue weighted by molar-refractivity contribution is 6.07. The zero-order valence-corrected chi connectivity index (χ0v) is 19.8. The molecule has 6 heteroatoms. The van der Waals surface area contributed by atoms with E-state index in [0.717, 1.165) is 39.0 Å². The van der Waals surface area contributed by atoms with Gasteiger partial charge in [-0.2, -0.15) is 0 Å². The lowest BCUT2D eigenvalue weighted by Gasteiger charge is -2.21. The summed E-state index contributed by atoms with van der Waals surface area (Å²) < 4.78 is 22.5. The normalized spacial score (nSPS) is 10.7. The van der Waals surface area contributed by atoms with E-state index in [1.54, 1.807) is 28.4 Å². The third-order valence-electron chi connectivity index (χ3n) is 5.62. The number of fused-ring (bicyclic) bond motifs is 1. The topological polar surface area (TPSA) is 53.0 Å². The third-order valence-corrected chi connectivity index (χ3v) is 5.62. The molecule has 0 bridgehead atoms. The molecule has 0 saturated carbocycles. The van der Waals surface area contributed by atoms with Gasteiger partial charge >= 0.3 is 0 Å². The molecule has 6 nitrogen and oxygen atoms in total. The summed E-state index contributed by atoms with van der Waals surface area (Å²) in [7, 11) is 10.5. The molecule has 0 saturated heterocycles. The van der Waals surface area contributed by atoms with Crippen LogP contribution < -0.4 is 23.8 Å². The quantitative estimate of drug-likeness (QED) is 0.366. The van der Waals surface area contributed by atoms with E-state index in [9.17, 15) is 0 Å². The minimum atomic E-state index is 0.652. The zero-order valence-electron chi connectivity index (χ0n) is 19.8. The van der Waals surface area contributed by atoms with Crippen molar-refractivity contribution in [3.05, 3.63) is 60.7 Å². The van der Waals surface area contributed by atoms with Crippen molar-refractivity contribution in [3.8, 4) is 45.4 Å². The Hall–Kier alpha value is -3.93. The van der Waals surface area contributed by atoms with Crippen molar-refractivity contribution in [3.63, 3.8) is 0 Å². The summed E-state index contributed by atoms with van der Waals surface area (Å²) in [6, 6.07) is 20.1. The Labute approximate surface area is 194 Å². The Bertz CT molecular complexity index is 1290. The molecule has 3 aromatic carbocycles. The molecule has 1 heterocycles. The number of methoxy groups -OCH3 is 4. The molecule has 4 aromatic rings. The van der Waals surface area contributed by atoms with Gasteiger partial charge in [0, 0.05) is 30.6 Å². The molecule has 0 aliphatic rings. The van der Waals surface area contributed by atoms with Crippen LogP contribution in [0.25, 0.3) is 33.2 Å². The second-order valence-electron chi connectivity index (χ2n) is 7.74. The molecule has 170 valence electrons. The summed E-state index contributed by atoms with van der Waals surface area (Å²) in [5.41, 5.74) is 3.73. The summed E-state index contributed by atoms with van der Waals surface area (Å²) in [4.78, 5) is 7.01. The lowest BCUT2D eigenvalue weighted by atomic mass is 9.95. The van der Waals surface area contributed by atoms with E-state index in [0.29, 0.717) is 23.0 Å². The van der Waals surface area contributed by atoms with Crippen LogP contribution in [0.3, 0.4) is 0 Å². The zero-order chi connectivity index (χ0) is 23.5. The van der Waals surface area contributed by atoms with Gasteiger partial charge in [-0.15, -0.1) is 0 Å².